The Morgan fingerprint density at radius 3 is 2.50 bits per heavy atom. The number of nitrogens with zero attached hydrogens (tertiary/aromatic N) is 2. The monoisotopic (exact) mass is 425 g/mol. The maximum atomic E-state index is 13.4. The van der Waals surface area contributed by atoms with E-state index in [4.69, 9.17) is 9.47 Å². The van der Waals surface area contributed by atoms with E-state index in [-0.39, 0.29) is 4.90 Å². The summed E-state index contributed by atoms with van der Waals surface area (Å²) in [5, 5.41) is 2.66. The normalized spacial score (nSPS) is 12.8. The molecule has 2 aromatic carbocycles. The van der Waals surface area contributed by atoms with Gasteiger partial charge in [-0.2, -0.15) is 0 Å². The highest BCUT2D eigenvalue weighted by atomic mass is 32.2. The number of hydrogen-bond acceptors (Lipinski definition) is 6. The van der Waals surface area contributed by atoms with Crippen LogP contribution in [0, 0.1) is 0 Å². The third-order valence-corrected chi connectivity index (χ3v) is 6.17. The average molecular weight is 425 g/mol. The highest BCUT2D eigenvalue weighted by Crippen LogP contribution is 2.35. The Hall–Kier alpha value is -3.59. The smallest absolute Gasteiger partial charge is 0.264 e. The van der Waals surface area contributed by atoms with E-state index in [0.717, 1.165) is 4.31 Å². The predicted octanol–water partition coefficient (Wildman–Crippen LogP) is 2.69. The number of anilines is 2. The van der Waals surface area contributed by atoms with Crippen LogP contribution in [0.5, 0.6) is 11.5 Å². The lowest BCUT2D eigenvalue weighted by molar-refractivity contribution is -0.114. The van der Waals surface area contributed by atoms with Crippen molar-refractivity contribution in [2.45, 2.75) is 4.90 Å². The summed E-state index contributed by atoms with van der Waals surface area (Å²) in [5.74, 6) is 0.457. The number of rotatable bonds is 6. The maximum Gasteiger partial charge on any atom is 0.264 e. The van der Waals surface area contributed by atoms with Gasteiger partial charge in [0.1, 0.15) is 19.8 Å². The van der Waals surface area contributed by atoms with Gasteiger partial charge in [-0.05, 0) is 36.4 Å². The molecule has 4 rings (SSSR count). The van der Waals surface area contributed by atoms with Gasteiger partial charge >= 0.3 is 0 Å². The lowest BCUT2D eigenvalue weighted by Crippen LogP contribution is -2.38. The summed E-state index contributed by atoms with van der Waals surface area (Å²) in [6.07, 6.45) is 3.06. The van der Waals surface area contributed by atoms with Gasteiger partial charge in [0.15, 0.2) is 11.5 Å². The second kappa shape index (κ2) is 8.42. The van der Waals surface area contributed by atoms with Gasteiger partial charge in [-0.3, -0.25) is 14.1 Å². The molecule has 0 aliphatic carbocycles. The van der Waals surface area contributed by atoms with E-state index in [1.54, 1.807) is 54.7 Å². The van der Waals surface area contributed by atoms with Crippen LogP contribution in [0.1, 0.15) is 0 Å². The third-order valence-electron chi connectivity index (χ3n) is 4.38. The van der Waals surface area contributed by atoms with Crippen LogP contribution in [-0.4, -0.2) is 39.1 Å². The second-order valence-electron chi connectivity index (χ2n) is 6.44. The molecular formula is C21H19N3O5S. The van der Waals surface area contributed by atoms with Gasteiger partial charge in [0, 0.05) is 12.3 Å². The number of ether oxygens (including phenoxy) is 2. The van der Waals surface area contributed by atoms with E-state index in [2.05, 4.69) is 10.3 Å². The van der Waals surface area contributed by atoms with Crippen molar-refractivity contribution in [3.8, 4) is 11.5 Å². The third kappa shape index (κ3) is 4.20. The number of aromatic nitrogens is 1. The molecule has 2 heterocycles. The SMILES string of the molecule is O=C(CN(c1ccc2c(c1)OCCO2)S(=O)(=O)c1ccccc1)Nc1cccnc1. The van der Waals surface area contributed by atoms with Crippen LogP contribution in [0.3, 0.4) is 0 Å². The zero-order valence-electron chi connectivity index (χ0n) is 15.9. The molecule has 0 atom stereocenters. The highest BCUT2D eigenvalue weighted by molar-refractivity contribution is 7.92. The van der Waals surface area contributed by atoms with Crippen molar-refractivity contribution < 1.29 is 22.7 Å². The van der Waals surface area contributed by atoms with Crippen molar-refractivity contribution >= 4 is 27.3 Å². The minimum absolute atomic E-state index is 0.0778. The summed E-state index contributed by atoms with van der Waals surface area (Å²) >= 11 is 0. The molecule has 0 saturated heterocycles. The first-order valence-corrected chi connectivity index (χ1v) is 10.7. The largest absolute Gasteiger partial charge is 0.486 e. The lowest BCUT2D eigenvalue weighted by atomic mass is 10.2. The Bertz CT molecular complexity index is 1140. The number of carbonyl (C=O) groups is 1. The number of hydrogen-bond donors (Lipinski definition) is 1. The van der Waals surface area contributed by atoms with E-state index in [1.165, 1.54) is 18.3 Å². The standard InChI is InChI=1S/C21H19N3O5S/c25-21(23-16-5-4-10-22-14-16)15-24(30(26,27)18-6-2-1-3-7-18)17-8-9-19-20(13-17)29-12-11-28-19/h1-10,13-14H,11-12,15H2,(H,23,25). The van der Waals surface area contributed by atoms with Crippen LogP contribution < -0.4 is 19.1 Å². The Morgan fingerprint density at radius 1 is 1.00 bits per heavy atom. The molecule has 9 heteroatoms. The fraction of sp³-hybridized carbons (Fsp3) is 0.143. The highest BCUT2D eigenvalue weighted by Gasteiger charge is 2.28. The number of benzene rings is 2. The number of carbonyl (C=O) groups excluding carboxylic acids is 1. The van der Waals surface area contributed by atoms with E-state index in [1.807, 2.05) is 0 Å². The Balaban J connectivity index is 1.69. The van der Waals surface area contributed by atoms with E-state index < -0.39 is 22.5 Å². The van der Waals surface area contributed by atoms with Crippen LogP contribution in [-0.2, 0) is 14.8 Å². The van der Waals surface area contributed by atoms with E-state index in [0.29, 0.717) is 36.1 Å². The molecule has 1 aromatic heterocycles. The fourth-order valence-corrected chi connectivity index (χ4v) is 4.42. The van der Waals surface area contributed by atoms with Crippen LogP contribution in [0.15, 0.2) is 78.0 Å². The first kappa shape index (κ1) is 19.7. The topological polar surface area (TPSA) is 97.8 Å². The molecule has 0 fully saturated rings. The van der Waals surface area contributed by atoms with Crippen molar-refractivity contribution in [1.29, 1.82) is 0 Å². The summed E-state index contributed by atoms with van der Waals surface area (Å²) in [6, 6.07) is 16.1. The summed E-state index contributed by atoms with van der Waals surface area (Å²) < 4.78 is 38.8. The van der Waals surface area contributed by atoms with Crippen LogP contribution in [0.4, 0.5) is 11.4 Å². The molecule has 0 bridgehead atoms. The zero-order chi connectivity index (χ0) is 21.0. The molecule has 3 aromatic rings. The molecule has 8 nitrogen and oxygen atoms in total. The number of amides is 1. The molecular weight excluding hydrogens is 406 g/mol. The predicted molar refractivity (Wildman–Crippen MR) is 111 cm³/mol. The van der Waals surface area contributed by atoms with Crippen molar-refractivity contribution in [2.24, 2.45) is 0 Å². The Kier molecular flexibility index (Phi) is 5.53. The molecule has 0 unspecified atom stereocenters. The van der Waals surface area contributed by atoms with Crippen LogP contribution in [0.2, 0.25) is 0 Å². The van der Waals surface area contributed by atoms with Gasteiger partial charge in [0.05, 0.1) is 22.5 Å². The summed E-state index contributed by atoms with van der Waals surface area (Å²) in [4.78, 5) is 16.7. The minimum atomic E-state index is -4.01. The number of nitrogens with one attached hydrogen (secondary N) is 1. The van der Waals surface area contributed by atoms with Crippen molar-refractivity contribution in [3.05, 3.63) is 73.1 Å². The summed E-state index contributed by atoms with van der Waals surface area (Å²) in [7, 11) is -4.01. The molecule has 1 N–H and O–H groups in total. The molecule has 1 amide bonds. The van der Waals surface area contributed by atoms with Gasteiger partial charge in [-0.25, -0.2) is 8.42 Å². The molecule has 30 heavy (non-hydrogen) atoms. The van der Waals surface area contributed by atoms with Gasteiger partial charge in [-0.15, -0.1) is 0 Å². The fourth-order valence-electron chi connectivity index (χ4n) is 2.99. The average Bonchev–Trinajstić information content (AvgIpc) is 2.78. The molecule has 0 spiro atoms. The minimum Gasteiger partial charge on any atom is -0.486 e. The van der Waals surface area contributed by atoms with E-state index >= 15 is 0 Å². The Morgan fingerprint density at radius 2 is 1.77 bits per heavy atom. The van der Waals surface area contributed by atoms with Crippen LogP contribution >= 0.6 is 0 Å². The van der Waals surface area contributed by atoms with Gasteiger partial charge < -0.3 is 14.8 Å². The van der Waals surface area contributed by atoms with Crippen molar-refractivity contribution in [3.63, 3.8) is 0 Å². The summed E-state index contributed by atoms with van der Waals surface area (Å²) in [5.41, 5.74) is 0.770. The number of sulfonamides is 1. The van der Waals surface area contributed by atoms with Crippen LogP contribution in [0.25, 0.3) is 0 Å². The quantitative estimate of drug-likeness (QED) is 0.652. The van der Waals surface area contributed by atoms with Gasteiger partial charge in [0.2, 0.25) is 5.91 Å². The molecule has 1 aliphatic rings. The zero-order valence-corrected chi connectivity index (χ0v) is 16.7. The summed E-state index contributed by atoms with van der Waals surface area (Å²) in [6.45, 7) is 0.362. The number of pyridine rings is 1. The Labute approximate surface area is 174 Å². The molecule has 1 aliphatic heterocycles. The van der Waals surface area contributed by atoms with Gasteiger partial charge in [-0.1, -0.05) is 18.2 Å². The number of fused-ring (bicyclic) bond motifs is 1. The molecule has 0 radical (unpaired) electrons. The van der Waals surface area contributed by atoms with Crippen molar-refractivity contribution in [1.82, 2.24) is 4.98 Å². The second-order valence-corrected chi connectivity index (χ2v) is 8.30. The lowest BCUT2D eigenvalue weighted by Gasteiger charge is -2.26. The first-order valence-electron chi connectivity index (χ1n) is 9.21. The first-order chi connectivity index (χ1) is 14.5. The van der Waals surface area contributed by atoms with Crippen molar-refractivity contribution in [2.75, 3.05) is 29.4 Å². The molecule has 0 saturated carbocycles. The maximum absolute atomic E-state index is 13.4. The van der Waals surface area contributed by atoms with E-state index in [9.17, 15) is 13.2 Å². The van der Waals surface area contributed by atoms with Gasteiger partial charge in [0.25, 0.3) is 10.0 Å². The molecule has 154 valence electrons.